The van der Waals surface area contributed by atoms with Crippen LogP contribution in [0.15, 0.2) is 24.3 Å². The Bertz CT molecular complexity index is 448. The van der Waals surface area contributed by atoms with Crippen molar-refractivity contribution >= 4 is 5.91 Å². The third kappa shape index (κ3) is 3.94. The van der Waals surface area contributed by atoms with Crippen LogP contribution < -0.4 is 5.32 Å². The molecule has 0 aliphatic rings. The van der Waals surface area contributed by atoms with E-state index in [-0.39, 0.29) is 0 Å². The van der Waals surface area contributed by atoms with E-state index >= 15 is 0 Å². The highest BCUT2D eigenvalue weighted by Crippen LogP contribution is 2.23. The molecular formula is C13H15F4NO. The minimum Gasteiger partial charge on any atom is -0.348 e. The maximum absolute atomic E-state index is 12.8. The molecule has 1 aromatic rings. The van der Waals surface area contributed by atoms with E-state index in [2.05, 4.69) is 0 Å². The number of carbonyl (C=O) groups is 1. The smallest absolute Gasteiger partial charge is 0.348 e. The third-order valence-electron chi connectivity index (χ3n) is 2.74. The number of hydrogen-bond acceptors (Lipinski definition) is 1. The minimum absolute atomic E-state index is 0.303. The second-order valence-corrected chi connectivity index (χ2v) is 4.43. The fourth-order valence-electron chi connectivity index (χ4n) is 1.64. The highest BCUT2D eigenvalue weighted by molar-refractivity contribution is 5.84. The number of halogens is 4. The van der Waals surface area contributed by atoms with Crippen LogP contribution in [0.2, 0.25) is 0 Å². The van der Waals surface area contributed by atoms with Crippen LogP contribution >= 0.6 is 0 Å². The minimum atomic E-state index is -4.65. The van der Waals surface area contributed by atoms with Gasteiger partial charge in [0.1, 0.15) is 0 Å². The van der Waals surface area contributed by atoms with Gasteiger partial charge in [0.15, 0.2) is 0 Å². The normalized spacial score (nSPS) is 13.4. The van der Waals surface area contributed by atoms with Crippen molar-refractivity contribution in [2.45, 2.75) is 38.7 Å². The topological polar surface area (TPSA) is 29.1 Å². The molecule has 0 heterocycles. The lowest BCUT2D eigenvalue weighted by atomic mass is 10.0. The van der Waals surface area contributed by atoms with Crippen molar-refractivity contribution in [3.63, 3.8) is 0 Å². The summed E-state index contributed by atoms with van der Waals surface area (Å²) in [4.78, 5) is 11.1. The van der Waals surface area contributed by atoms with Gasteiger partial charge in [0.25, 0.3) is 5.91 Å². The molecule has 1 N–H and O–H groups in total. The zero-order valence-corrected chi connectivity index (χ0v) is 10.6. The summed E-state index contributed by atoms with van der Waals surface area (Å²) in [6.07, 6.45) is -3.70. The fraction of sp³-hybridized carbons (Fsp3) is 0.462. The first-order valence-corrected chi connectivity index (χ1v) is 5.76. The molecule has 1 rings (SSSR count). The predicted octanol–water partition coefficient (Wildman–Crippen LogP) is 2.94. The van der Waals surface area contributed by atoms with Gasteiger partial charge < -0.3 is 5.32 Å². The summed E-state index contributed by atoms with van der Waals surface area (Å²) < 4.78 is 49.5. The van der Waals surface area contributed by atoms with Gasteiger partial charge in [-0.3, -0.25) is 4.79 Å². The maximum Gasteiger partial charge on any atom is 0.383 e. The number of amides is 1. The molecule has 2 nitrogen and oxygen atoms in total. The Kier molecular flexibility index (Phi) is 4.91. The lowest BCUT2D eigenvalue weighted by molar-refractivity contribution is -0.170. The Morgan fingerprint density at radius 2 is 1.89 bits per heavy atom. The van der Waals surface area contributed by atoms with E-state index in [0.29, 0.717) is 6.42 Å². The van der Waals surface area contributed by atoms with Gasteiger partial charge in [-0.15, -0.1) is 0 Å². The van der Waals surface area contributed by atoms with E-state index in [1.807, 2.05) is 24.4 Å². The van der Waals surface area contributed by atoms with E-state index in [0.717, 1.165) is 11.1 Å². The Labute approximate surface area is 108 Å². The zero-order chi connectivity index (χ0) is 14.6. The second-order valence-electron chi connectivity index (χ2n) is 4.43. The van der Waals surface area contributed by atoms with E-state index in [4.69, 9.17) is 0 Å². The molecule has 0 bridgehead atoms. The first kappa shape index (κ1) is 15.5. The van der Waals surface area contributed by atoms with Crippen molar-refractivity contribution in [2.24, 2.45) is 0 Å². The summed E-state index contributed by atoms with van der Waals surface area (Å²) in [6, 6.07) is 6.59. The molecule has 0 saturated carbocycles. The Morgan fingerprint density at radius 3 is 2.42 bits per heavy atom. The first-order chi connectivity index (χ1) is 8.75. The van der Waals surface area contributed by atoms with Gasteiger partial charge in [-0.1, -0.05) is 24.3 Å². The Morgan fingerprint density at radius 1 is 1.32 bits per heavy atom. The molecule has 0 aliphatic carbocycles. The summed E-state index contributed by atoms with van der Waals surface area (Å²) in [5.74, 6) is -6.59. The van der Waals surface area contributed by atoms with Crippen LogP contribution in [0.1, 0.15) is 18.1 Å². The van der Waals surface area contributed by atoms with Crippen molar-refractivity contribution in [1.82, 2.24) is 5.32 Å². The van der Waals surface area contributed by atoms with Crippen molar-refractivity contribution in [3.05, 3.63) is 35.4 Å². The van der Waals surface area contributed by atoms with Gasteiger partial charge in [0, 0.05) is 6.04 Å². The molecule has 106 valence electrons. The number of hydrogen-bond donors (Lipinski definition) is 1. The van der Waals surface area contributed by atoms with Crippen LogP contribution in [0.4, 0.5) is 17.6 Å². The molecule has 19 heavy (non-hydrogen) atoms. The average Bonchev–Trinajstić information content (AvgIpc) is 2.31. The molecule has 1 aromatic carbocycles. The van der Waals surface area contributed by atoms with Crippen molar-refractivity contribution < 1.29 is 22.4 Å². The maximum atomic E-state index is 12.8. The SMILES string of the molecule is Cc1ccccc1CC(C)NC(=O)C(F)(F)C(F)F. The van der Waals surface area contributed by atoms with Crippen LogP contribution in [-0.2, 0) is 11.2 Å². The Hall–Kier alpha value is -1.59. The lowest BCUT2D eigenvalue weighted by Crippen LogP contribution is -2.48. The number of nitrogens with one attached hydrogen (secondary N) is 1. The summed E-state index contributed by atoms with van der Waals surface area (Å²) in [5.41, 5.74) is 1.82. The first-order valence-electron chi connectivity index (χ1n) is 5.76. The second kappa shape index (κ2) is 6.04. The lowest BCUT2D eigenvalue weighted by Gasteiger charge is -2.19. The summed E-state index contributed by atoms with van der Waals surface area (Å²) in [6.45, 7) is 3.34. The fourth-order valence-corrected chi connectivity index (χ4v) is 1.64. The molecular weight excluding hydrogens is 262 g/mol. The number of rotatable bonds is 5. The molecule has 1 amide bonds. The van der Waals surface area contributed by atoms with Crippen LogP contribution in [0.25, 0.3) is 0 Å². The van der Waals surface area contributed by atoms with Crippen LogP contribution in [0.3, 0.4) is 0 Å². The van der Waals surface area contributed by atoms with Gasteiger partial charge in [0.05, 0.1) is 0 Å². The molecule has 1 unspecified atom stereocenters. The summed E-state index contributed by atoms with van der Waals surface area (Å²) in [5, 5.41) is 1.91. The highest BCUT2D eigenvalue weighted by Gasteiger charge is 2.49. The average molecular weight is 277 g/mol. The monoisotopic (exact) mass is 277 g/mol. The molecule has 0 saturated heterocycles. The standard InChI is InChI=1S/C13H15F4NO/c1-8-5-3-4-6-10(8)7-9(2)18-12(19)13(16,17)11(14)15/h3-6,9,11H,7H2,1-2H3,(H,18,19). The summed E-state index contributed by atoms with van der Waals surface area (Å²) >= 11 is 0. The van der Waals surface area contributed by atoms with E-state index in [9.17, 15) is 22.4 Å². The molecule has 0 radical (unpaired) electrons. The van der Waals surface area contributed by atoms with Crippen LogP contribution in [0.5, 0.6) is 0 Å². The van der Waals surface area contributed by atoms with Crippen LogP contribution in [0, 0.1) is 6.92 Å². The zero-order valence-electron chi connectivity index (χ0n) is 10.6. The molecule has 0 fully saturated rings. The van der Waals surface area contributed by atoms with Gasteiger partial charge in [-0.05, 0) is 31.4 Å². The van der Waals surface area contributed by atoms with Gasteiger partial charge in [-0.25, -0.2) is 8.78 Å². The largest absolute Gasteiger partial charge is 0.383 e. The molecule has 1 atom stereocenters. The molecule has 0 spiro atoms. The van der Waals surface area contributed by atoms with E-state index < -0.39 is 24.3 Å². The number of alkyl halides is 4. The van der Waals surface area contributed by atoms with Crippen molar-refractivity contribution in [2.75, 3.05) is 0 Å². The quantitative estimate of drug-likeness (QED) is 0.824. The van der Waals surface area contributed by atoms with Gasteiger partial charge >= 0.3 is 12.3 Å². The molecule has 0 aromatic heterocycles. The summed E-state index contributed by atoms with van der Waals surface area (Å²) in [7, 11) is 0. The molecule has 6 heteroatoms. The van der Waals surface area contributed by atoms with Gasteiger partial charge in [-0.2, -0.15) is 8.78 Å². The Balaban J connectivity index is 2.64. The molecule has 0 aliphatic heterocycles. The predicted molar refractivity (Wildman–Crippen MR) is 63.4 cm³/mol. The van der Waals surface area contributed by atoms with Crippen molar-refractivity contribution in [1.29, 1.82) is 0 Å². The van der Waals surface area contributed by atoms with E-state index in [1.165, 1.54) is 6.92 Å². The van der Waals surface area contributed by atoms with E-state index in [1.54, 1.807) is 12.1 Å². The van der Waals surface area contributed by atoms with Gasteiger partial charge in [0.2, 0.25) is 0 Å². The van der Waals surface area contributed by atoms with Crippen LogP contribution in [-0.4, -0.2) is 24.3 Å². The highest BCUT2D eigenvalue weighted by atomic mass is 19.3. The van der Waals surface area contributed by atoms with Crippen molar-refractivity contribution in [3.8, 4) is 0 Å². The number of benzene rings is 1. The third-order valence-corrected chi connectivity index (χ3v) is 2.74. The number of aryl methyl sites for hydroxylation is 1. The number of carbonyl (C=O) groups excluding carboxylic acids is 1.